The second-order valence-electron chi connectivity index (χ2n) is 12.4. The van der Waals surface area contributed by atoms with Crippen LogP contribution < -0.4 is 20.5 Å². The van der Waals surface area contributed by atoms with Gasteiger partial charge in [0.25, 0.3) is 5.56 Å². The van der Waals surface area contributed by atoms with Crippen LogP contribution in [0.5, 0.6) is 5.75 Å². The van der Waals surface area contributed by atoms with Crippen LogP contribution in [0.2, 0.25) is 0 Å². The summed E-state index contributed by atoms with van der Waals surface area (Å²) in [5.74, 6) is 1.50. The van der Waals surface area contributed by atoms with Crippen molar-refractivity contribution in [1.29, 1.82) is 0 Å². The van der Waals surface area contributed by atoms with E-state index >= 15 is 0 Å². The summed E-state index contributed by atoms with van der Waals surface area (Å²) in [6, 6.07) is 8.77. The molecule has 0 saturated carbocycles. The van der Waals surface area contributed by atoms with E-state index in [0.29, 0.717) is 59.5 Å². The zero-order valence-corrected chi connectivity index (χ0v) is 27.1. The molecule has 7 rings (SSSR count). The first-order valence-electron chi connectivity index (χ1n) is 16.2. The Bertz CT molecular complexity index is 1870. The Balaban J connectivity index is 0.937. The highest BCUT2D eigenvalue weighted by atomic mass is 32.2. The Kier molecular flexibility index (Phi) is 9.15. The maximum absolute atomic E-state index is 14.9. The monoisotopic (exact) mass is 663 g/mol. The van der Waals surface area contributed by atoms with Crippen LogP contribution >= 0.6 is 11.8 Å². The molecule has 0 radical (unpaired) electrons. The molecule has 3 amide bonds. The number of hydrogen-bond donors (Lipinski definition) is 2. The summed E-state index contributed by atoms with van der Waals surface area (Å²) in [5, 5.41) is 8.27. The van der Waals surface area contributed by atoms with Crippen LogP contribution in [0.4, 0.5) is 15.0 Å². The van der Waals surface area contributed by atoms with Crippen molar-refractivity contribution < 1.29 is 23.5 Å². The molecule has 14 heteroatoms. The van der Waals surface area contributed by atoms with Gasteiger partial charge in [-0.3, -0.25) is 29.4 Å². The van der Waals surface area contributed by atoms with E-state index in [9.17, 15) is 18.8 Å². The smallest absolute Gasteiger partial charge is 0.329 e. The summed E-state index contributed by atoms with van der Waals surface area (Å²) < 4.78 is 28.1. The quantitative estimate of drug-likeness (QED) is 0.272. The summed E-state index contributed by atoms with van der Waals surface area (Å²) >= 11 is 1.74. The number of carbonyl (C=O) groups is 2. The highest BCUT2D eigenvalue weighted by Gasteiger charge is 2.29. The van der Waals surface area contributed by atoms with Crippen molar-refractivity contribution in [1.82, 2.24) is 30.0 Å². The number of urea groups is 1. The molecule has 2 aromatic carbocycles. The lowest BCUT2D eigenvalue weighted by Crippen LogP contribution is -2.49. The molecule has 0 atom stereocenters. The molecule has 4 aromatic rings. The van der Waals surface area contributed by atoms with E-state index in [4.69, 9.17) is 9.47 Å². The summed E-state index contributed by atoms with van der Waals surface area (Å²) in [7, 11) is 1.87. The first kappa shape index (κ1) is 31.6. The van der Waals surface area contributed by atoms with Crippen molar-refractivity contribution in [2.75, 3.05) is 50.9 Å². The molecule has 3 fully saturated rings. The number of H-pyrrole nitrogens is 1. The zero-order valence-electron chi connectivity index (χ0n) is 26.3. The van der Waals surface area contributed by atoms with Gasteiger partial charge < -0.3 is 14.5 Å². The van der Waals surface area contributed by atoms with E-state index in [1.807, 2.05) is 13.1 Å². The van der Waals surface area contributed by atoms with Crippen molar-refractivity contribution in [2.45, 2.75) is 49.0 Å². The molecule has 3 aliphatic rings. The third-order valence-electron chi connectivity index (χ3n) is 9.31. The fourth-order valence-electron chi connectivity index (χ4n) is 6.70. The SMILES string of the molecule is Cn1nc(N2CCC(=O)NC2=O)c2ccc(C3CCN(CCOc4cc(F)c5c(=O)[nH]c(CSC6CCOCC6)nc5c4)CC3)cc21. The van der Waals surface area contributed by atoms with E-state index in [-0.39, 0.29) is 17.7 Å². The Morgan fingerprint density at radius 3 is 2.66 bits per heavy atom. The Morgan fingerprint density at radius 2 is 1.87 bits per heavy atom. The van der Waals surface area contributed by atoms with Gasteiger partial charge >= 0.3 is 6.03 Å². The number of aromatic nitrogens is 4. The number of imide groups is 1. The molecule has 2 N–H and O–H groups in total. The van der Waals surface area contributed by atoms with E-state index in [1.54, 1.807) is 22.5 Å². The minimum Gasteiger partial charge on any atom is -0.492 e. The van der Waals surface area contributed by atoms with Crippen molar-refractivity contribution in [3.63, 3.8) is 0 Å². The molecule has 3 saturated heterocycles. The number of ether oxygens (including phenoxy) is 2. The van der Waals surface area contributed by atoms with E-state index < -0.39 is 17.4 Å². The molecule has 0 spiro atoms. The fourth-order valence-corrected chi connectivity index (χ4v) is 7.75. The summed E-state index contributed by atoms with van der Waals surface area (Å²) in [6.07, 6.45) is 4.17. The maximum Gasteiger partial charge on any atom is 0.329 e. The number of piperidine rings is 1. The number of anilines is 1. The van der Waals surface area contributed by atoms with Crippen LogP contribution in [0.15, 0.2) is 35.1 Å². The topological polar surface area (TPSA) is 135 Å². The third-order valence-corrected chi connectivity index (χ3v) is 10.7. The van der Waals surface area contributed by atoms with Crippen LogP contribution in [-0.2, 0) is 22.3 Å². The highest BCUT2D eigenvalue weighted by Crippen LogP contribution is 2.34. The lowest BCUT2D eigenvalue weighted by atomic mass is 9.89. The molecule has 12 nitrogen and oxygen atoms in total. The fraction of sp³-hybridized carbons (Fsp3) is 0.485. The number of likely N-dealkylation sites (tertiary alicyclic amines) is 1. The second kappa shape index (κ2) is 13.6. The van der Waals surface area contributed by atoms with Gasteiger partial charge in [-0.15, -0.1) is 0 Å². The average Bonchev–Trinajstić information content (AvgIpc) is 3.39. The second-order valence-corrected chi connectivity index (χ2v) is 13.7. The van der Waals surface area contributed by atoms with Crippen LogP contribution in [-0.4, -0.2) is 87.8 Å². The van der Waals surface area contributed by atoms with Gasteiger partial charge in [-0.05, 0) is 62.4 Å². The molecule has 0 bridgehead atoms. The highest BCUT2D eigenvalue weighted by molar-refractivity contribution is 7.99. The number of thioether (sulfide) groups is 1. The maximum atomic E-state index is 14.9. The number of amides is 3. The van der Waals surface area contributed by atoms with Gasteiger partial charge in [-0.1, -0.05) is 6.07 Å². The van der Waals surface area contributed by atoms with Crippen LogP contribution in [0.3, 0.4) is 0 Å². The lowest BCUT2D eigenvalue weighted by molar-refractivity contribution is -0.120. The van der Waals surface area contributed by atoms with Crippen molar-refractivity contribution in [2.24, 2.45) is 7.05 Å². The van der Waals surface area contributed by atoms with Crippen molar-refractivity contribution in [3.05, 3.63) is 57.9 Å². The molecule has 2 aromatic heterocycles. The van der Waals surface area contributed by atoms with Gasteiger partial charge in [0.05, 0.1) is 16.8 Å². The molecule has 0 aliphatic carbocycles. The van der Waals surface area contributed by atoms with E-state index in [1.165, 1.54) is 16.5 Å². The molecule has 3 aliphatic heterocycles. The number of hydrogen-bond acceptors (Lipinski definition) is 9. The number of nitrogens with zero attached hydrogens (tertiary/aromatic N) is 5. The Hall–Kier alpha value is -4.01. The van der Waals surface area contributed by atoms with E-state index in [0.717, 1.165) is 62.9 Å². The van der Waals surface area contributed by atoms with Crippen LogP contribution in [0.25, 0.3) is 21.8 Å². The predicted octanol–water partition coefficient (Wildman–Crippen LogP) is 4.07. The number of fused-ring (bicyclic) bond motifs is 2. The number of rotatable bonds is 9. The third kappa shape index (κ3) is 6.85. The normalized spacial score (nSPS) is 18.7. The Labute approximate surface area is 275 Å². The Morgan fingerprint density at radius 1 is 1.06 bits per heavy atom. The van der Waals surface area contributed by atoms with Gasteiger partial charge in [0.2, 0.25) is 5.91 Å². The minimum absolute atomic E-state index is 0.0479. The number of carbonyl (C=O) groups excluding carboxylic acids is 2. The molecule has 5 heterocycles. The summed E-state index contributed by atoms with van der Waals surface area (Å²) in [6.45, 7) is 4.72. The predicted molar refractivity (Wildman–Crippen MR) is 178 cm³/mol. The average molecular weight is 664 g/mol. The molecule has 248 valence electrons. The van der Waals surface area contributed by atoms with Gasteiger partial charge in [-0.25, -0.2) is 14.2 Å². The van der Waals surface area contributed by atoms with Gasteiger partial charge in [-0.2, -0.15) is 16.9 Å². The first-order valence-corrected chi connectivity index (χ1v) is 17.2. The molecular formula is C33H38FN7O5S. The van der Waals surface area contributed by atoms with E-state index in [2.05, 4.69) is 37.4 Å². The first-order chi connectivity index (χ1) is 22.8. The minimum atomic E-state index is -0.637. The van der Waals surface area contributed by atoms with Crippen molar-refractivity contribution in [3.8, 4) is 5.75 Å². The lowest BCUT2D eigenvalue weighted by Gasteiger charge is -2.32. The largest absolute Gasteiger partial charge is 0.492 e. The van der Waals surface area contributed by atoms with Gasteiger partial charge in [0.1, 0.15) is 29.4 Å². The summed E-state index contributed by atoms with van der Waals surface area (Å²) in [5.41, 5.74) is 2.02. The van der Waals surface area contributed by atoms with Gasteiger partial charge in [0.15, 0.2) is 5.82 Å². The number of nitrogens with one attached hydrogen (secondary N) is 2. The van der Waals surface area contributed by atoms with Crippen LogP contribution in [0, 0.1) is 5.82 Å². The number of aromatic amines is 1. The zero-order chi connectivity index (χ0) is 32.5. The summed E-state index contributed by atoms with van der Waals surface area (Å²) in [4.78, 5) is 47.8. The van der Waals surface area contributed by atoms with Gasteiger partial charge in [0, 0.05) is 62.5 Å². The van der Waals surface area contributed by atoms with Crippen molar-refractivity contribution >= 4 is 51.3 Å². The number of aryl methyl sites for hydroxylation is 1. The number of halogens is 1. The molecule has 0 unspecified atom stereocenters. The standard InChI is InChI=1S/C33H38FN7O5S/c1-39-27-16-21(2-3-24(27)31(38-39)41-11-6-29(42)37-33(41)44)20-4-9-40(10-5-20)12-15-46-22-17-25(34)30-26(18-22)35-28(36-32(30)43)19-47-23-7-13-45-14-8-23/h2-3,16-18,20,23H,4-15,19H2,1H3,(H,35,36,43)(H,37,42,44). The molecular weight excluding hydrogens is 625 g/mol. The molecule has 47 heavy (non-hydrogen) atoms. The number of benzene rings is 2. The van der Waals surface area contributed by atoms with Crippen LogP contribution in [0.1, 0.15) is 49.4 Å².